The number of carbonyl (C=O) groups is 2. The van der Waals surface area contributed by atoms with Crippen LogP contribution in [-0.4, -0.2) is 21.6 Å². The van der Waals surface area contributed by atoms with E-state index in [0.29, 0.717) is 6.42 Å². The molecule has 2 rings (SSSR count). The summed E-state index contributed by atoms with van der Waals surface area (Å²) < 4.78 is 1.64. The number of hydrogen-bond donors (Lipinski definition) is 1. The van der Waals surface area contributed by atoms with Gasteiger partial charge in [-0.2, -0.15) is 0 Å². The molecule has 4 nitrogen and oxygen atoms in total. The van der Waals surface area contributed by atoms with Crippen LogP contribution in [0.4, 0.5) is 0 Å². The highest BCUT2D eigenvalue weighted by molar-refractivity contribution is 5.93. The first-order valence-electron chi connectivity index (χ1n) is 9.07. The molecule has 4 heteroatoms. The van der Waals surface area contributed by atoms with Crippen molar-refractivity contribution in [3.63, 3.8) is 0 Å². The molecule has 2 aromatic rings. The van der Waals surface area contributed by atoms with E-state index in [4.69, 9.17) is 5.11 Å². The standard InChI is InChI=1S/C21H27NO3/c1-3-5-6-7-8-17-9-10-19-18(13-17)11-12-22(19)20(23)14-16(4-2)15-21(24)25/h7-13,16H,3-6,14-15H2,1-2H3,(H,24,25). The van der Waals surface area contributed by atoms with Crippen molar-refractivity contribution >= 4 is 28.9 Å². The molecule has 0 aliphatic rings. The second-order valence-electron chi connectivity index (χ2n) is 6.52. The van der Waals surface area contributed by atoms with Crippen LogP contribution < -0.4 is 0 Å². The molecule has 134 valence electrons. The SMILES string of the molecule is CCCCC=Cc1ccc2c(ccn2C(=O)CC(CC)CC(=O)O)c1. The van der Waals surface area contributed by atoms with Gasteiger partial charge in [0.1, 0.15) is 0 Å². The summed E-state index contributed by atoms with van der Waals surface area (Å²) in [5.41, 5.74) is 2.01. The first-order chi connectivity index (χ1) is 12.0. The van der Waals surface area contributed by atoms with E-state index < -0.39 is 5.97 Å². The maximum atomic E-state index is 12.6. The van der Waals surface area contributed by atoms with Gasteiger partial charge in [0.15, 0.2) is 0 Å². The summed E-state index contributed by atoms with van der Waals surface area (Å²) in [4.78, 5) is 23.4. The minimum atomic E-state index is -0.850. The second-order valence-corrected chi connectivity index (χ2v) is 6.52. The maximum absolute atomic E-state index is 12.6. The summed E-state index contributed by atoms with van der Waals surface area (Å²) in [6.07, 6.45) is 10.5. The molecule has 1 atom stereocenters. The number of fused-ring (bicyclic) bond motifs is 1. The lowest BCUT2D eigenvalue weighted by molar-refractivity contribution is -0.138. The molecular weight excluding hydrogens is 314 g/mol. The van der Waals surface area contributed by atoms with Gasteiger partial charge in [-0.1, -0.05) is 51.3 Å². The summed E-state index contributed by atoms with van der Waals surface area (Å²) in [6.45, 7) is 4.10. The number of carbonyl (C=O) groups excluding carboxylic acids is 1. The Morgan fingerprint density at radius 3 is 2.68 bits per heavy atom. The van der Waals surface area contributed by atoms with Crippen LogP contribution in [0.5, 0.6) is 0 Å². The van der Waals surface area contributed by atoms with Gasteiger partial charge in [0.2, 0.25) is 5.91 Å². The topological polar surface area (TPSA) is 59.3 Å². The zero-order valence-electron chi connectivity index (χ0n) is 15.1. The van der Waals surface area contributed by atoms with E-state index in [1.807, 2.05) is 25.1 Å². The number of carboxylic acids is 1. The Balaban J connectivity index is 2.13. The van der Waals surface area contributed by atoms with Gasteiger partial charge in [-0.25, -0.2) is 0 Å². The van der Waals surface area contributed by atoms with E-state index >= 15 is 0 Å². The van der Waals surface area contributed by atoms with Crippen LogP contribution in [0.1, 0.15) is 62.7 Å². The van der Waals surface area contributed by atoms with E-state index in [1.54, 1.807) is 10.8 Å². The van der Waals surface area contributed by atoms with Crippen molar-refractivity contribution in [2.75, 3.05) is 0 Å². The molecule has 0 amide bonds. The largest absolute Gasteiger partial charge is 0.481 e. The molecule has 0 saturated carbocycles. The fourth-order valence-electron chi connectivity index (χ4n) is 2.98. The number of aliphatic carboxylic acids is 1. The van der Waals surface area contributed by atoms with Crippen molar-refractivity contribution in [2.24, 2.45) is 5.92 Å². The second kappa shape index (κ2) is 9.21. The number of benzene rings is 1. The van der Waals surface area contributed by atoms with E-state index in [0.717, 1.165) is 22.9 Å². The summed E-state index contributed by atoms with van der Waals surface area (Å²) >= 11 is 0. The molecule has 1 unspecified atom stereocenters. The van der Waals surface area contributed by atoms with Crippen LogP contribution >= 0.6 is 0 Å². The van der Waals surface area contributed by atoms with Gasteiger partial charge in [-0.05, 0) is 36.1 Å². The number of hydrogen-bond acceptors (Lipinski definition) is 2. The highest BCUT2D eigenvalue weighted by atomic mass is 16.4. The van der Waals surface area contributed by atoms with Gasteiger partial charge >= 0.3 is 5.97 Å². The Labute approximate surface area is 149 Å². The highest BCUT2D eigenvalue weighted by Gasteiger charge is 2.17. The summed E-state index contributed by atoms with van der Waals surface area (Å²) in [7, 11) is 0. The highest BCUT2D eigenvalue weighted by Crippen LogP contribution is 2.21. The van der Waals surface area contributed by atoms with Gasteiger partial charge in [0, 0.05) is 24.4 Å². The molecule has 0 fully saturated rings. The molecule has 1 aromatic heterocycles. The van der Waals surface area contributed by atoms with Crippen LogP contribution in [0.2, 0.25) is 0 Å². The number of aromatic nitrogens is 1. The van der Waals surface area contributed by atoms with Crippen LogP contribution in [0, 0.1) is 5.92 Å². The lowest BCUT2D eigenvalue weighted by Crippen LogP contribution is -2.17. The summed E-state index contributed by atoms with van der Waals surface area (Å²) in [6, 6.07) is 8.00. The molecule has 0 spiro atoms. The van der Waals surface area contributed by atoms with Crippen molar-refractivity contribution in [2.45, 2.75) is 52.4 Å². The third-order valence-electron chi connectivity index (χ3n) is 4.52. The monoisotopic (exact) mass is 341 g/mol. The molecule has 0 saturated heterocycles. The Morgan fingerprint density at radius 2 is 2.00 bits per heavy atom. The van der Waals surface area contributed by atoms with E-state index in [-0.39, 0.29) is 24.7 Å². The molecule has 0 radical (unpaired) electrons. The number of allylic oxidation sites excluding steroid dienone is 1. The third-order valence-corrected chi connectivity index (χ3v) is 4.52. The molecule has 0 aliphatic heterocycles. The van der Waals surface area contributed by atoms with Gasteiger partial charge in [-0.3, -0.25) is 14.2 Å². The molecule has 0 aliphatic carbocycles. The molecule has 1 N–H and O–H groups in total. The number of carboxylic acid groups (broad SMARTS) is 1. The van der Waals surface area contributed by atoms with Crippen molar-refractivity contribution < 1.29 is 14.7 Å². The quantitative estimate of drug-likeness (QED) is 0.623. The van der Waals surface area contributed by atoms with Crippen LogP contribution in [0.3, 0.4) is 0 Å². The first kappa shape index (κ1) is 19.0. The molecule has 25 heavy (non-hydrogen) atoms. The molecular formula is C21H27NO3. The number of unbranched alkanes of at least 4 members (excludes halogenated alkanes) is 2. The van der Waals surface area contributed by atoms with Gasteiger partial charge in [-0.15, -0.1) is 0 Å². The number of nitrogens with zero attached hydrogens (tertiary/aromatic N) is 1. The average molecular weight is 341 g/mol. The number of rotatable bonds is 9. The predicted molar refractivity (Wildman–Crippen MR) is 102 cm³/mol. The Bertz CT molecular complexity index is 758. The predicted octanol–water partition coefficient (Wildman–Crippen LogP) is 5.38. The van der Waals surface area contributed by atoms with Crippen molar-refractivity contribution in [3.05, 3.63) is 42.1 Å². The Kier molecular flexibility index (Phi) is 6.99. The normalized spacial score (nSPS) is 12.7. The molecule has 1 heterocycles. The average Bonchev–Trinajstić information content (AvgIpc) is 3.01. The van der Waals surface area contributed by atoms with Gasteiger partial charge in [0.05, 0.1) is 5.52 Å². The molecule has 0 bridgehead atoms. The Morgan fingerprint density at radius 1 is 1.20 bits per heavy atom. The summed E-state index contributed by atoms with van der Waals surface area (Å²) in [5, 5.41) is 9.97. The molecule has 1 aromatic carbocycles. The van der Waals surface area contributed by atoms with Crippen LogP contribution in [-0.2, 0) is 4.79 Å². The smallest absolute Gasteiger partial charge is 0.303 e. The first-order valence-corrected chi connectivity index (χ1v) is 9.07. The lowest BCUT2D eigenvalue weighted by Gasteiger charge is -2.12. The van der Waals surface area contributed by atoms with E-state index in [2.05, 4.69) is 25.1 Å². The van der Waals surface area contributed by atoms with Crippen molar-refractivity contribution in [1.82, 2.24) is 4.57 Å². The van der Waals surface area contributed by atoms with E-state index in [9.17, 15) is 9.59 Å². The fourth-order valence-corrected chi connectivity index (χ4v) is 2.98. The van der Waals surface area contributed by atoms with Crippen LogP contribution in [0.15, 0.2) is 36.5 Å². The minimum absolute atomic E-state index is 0.0359. The Hall–Kier alpha value is -2.36. The lowest BCUT2D eigenvalue weighted by atomic mass is 9.98. The van der Waals surface area contributed by atoms with Crippen LogP contribution in [0.25, 0.3) is 17.0 Å². The van der Waals surface area contributed by atoms with E-state index in [1.165, 1.54) is 12.8 Å². The van der Waals surface area contributed by atoms with Crippen molar-refractivity contribution in [1.29, 1.82) is 0 Å². The fraction of sp³-hybridized carbons (Fsp3) is 0.429. The zero-order chi connectivity index (χ0) is 18.2. The minimum Gasteiger partial charge on any atom is -0.481 e. The third kappa shape index (κ3) is 5.31. The zero-order valence-corrected chi connectivity index (χ0v) is 15.1. The van der Waals surface area contributed by atoms with Crippen molar-refractivity contribution in [3.8, 4) is 0 Å². The maximum Gasteiger partial charge on any atom is 0.303 e. The summed E-state index contributed by atoms with van der Waals surface area (Å²) in [5.74, 6) is -1.02. The van der Waals surface area contributed by atoms with Gasteiger partial charge in [0.25, 0.3) is 0 Å². The van der Waals surface area contributed by atoms with Gasteiger partial charge < -0.3 is 5.11 Å².